The van der Waals surface area contributed by atoms with Crippen molar-refractivity contribution in [1.82, 2.24) is 4.90 Å². The number of piperidine rings is 1. The molecule has 0 aromatic heterocycles. The molecule has 1 aliphatic rings. The Morgan fingerprint density at radius 2 is 1.58 bits per heavy atom. The topological polar surface area (TPSA) is 32.7 Å². The van der Waals surface area contributed by atoms with E-state index in [0.29, 0.717) is 18.3 Å². The van der Waals surface area contributed by atoms with Crippen molar-refractivity contribution in [1.29, 1.82) is 0 Å². The minimum absolute atomic E-state index is 0.209. The highest BCUT2D eigenvalue weighted by molar-refractivity contribution is 5.25. The van der Waals surface area contributed by atoms with Crippen molar-refractivity contribution in [3.05, 3.63) is 65.5 Å². The largest absolute Gasteiger partial charge is 0.508 e. The SMILES string of the molecule is Oc1ccc(CN2CCC(COCc3ccc(F)cc3)CC2)cc1. The van der Waals surface area contributed by atoms with E-state index in [9.17, 15) is 9.50 Å². The second kappa shape index (κ2) is 8.27. The van der Waals surface area contributed by atoms with Crippen LogP contribution >= 0.6 is 0 Å². The van der Waals surface area contributed by atoms with Crippen molar-refractivity contribution in [2.75, 3.05) is 19.7 Å². The summed E-state index contributed by atoms with van der Waals surface area (Å²) < 4.78 is 18.7. The summed E-state index contributed by atoms with van der Waals surface area (Å²) in [5.41, 5.74) is 2.25. The lowest BCUT2D eigenvalue weighted by Crippen LogP contribution is -2.34. The predicted octanol–water partition coefficient (Wildman–Crippen LogP) is 3.96. The molecular weight excluding hydrogens is 305 g/mol. The zero-order valence-electron chi connectivity index (χ0n) is 13.8. The predicted molar refractivity (Wildman–Crippen MR) is 92.2 cm³/mol. The van der Waals surface area contributed by atoms with Gasteiger partial charge in [0.05, 0.1) is 6.61 Å². The van der Waals surface area contributed by atoms with Crippen LogP contribution in [0.4, 0.5) is 4.39 Å². The highest BCUT2D eigenvalue weighted by atomic mass is 19.1. The van der Waals surface area contributed by atoms with E-state index in [0.717, 1.165) is 44.6 Å². The summed E-state index contributed by atoms with van der Waals surface area (Å²) in [7, 11) is 0. The summed E-state index contributed by atoms with van der Waals surface area (Å²) in [5, 5.41) is 9.33. The fourth-order valence-corrected chi connectivity index (χ4v) is 3.09. The third kappa shape index (κ3) is 5.05. The van der Waals surface area contributed by atoms with Gasteiger partial charge in [-0.3, -0.25) is 4.90 Å². The molecule has 0 bridgehead atoms. The van der Waals surface area contributed by atoms with Crippen LogP contribution in [0, 0.1) is 11.7 Å². The molecule has 0 atom stereocenters. The van der Waals surface area contributed by atoms with E-state index in [1.165, 1.54) is 17.7 Å². The number of benzene rings is 2. The number of hydrogen-bond acceptors (Lipinski definition) is 3. The first-order valence-electron chi connectivity index (χ1n) is 8.51. The lowest BCUT2D eigenvalue weighted by atomic mass is 9.97. The molecule has 0 spiro atoms. The third-order valence-electron chi connectivity index (χ3n) is 4.59. The van der Waals surface area contributed by atoms with E-state index >= 15 is 0 Å². The minimum atomic E-state index is -0.209. The van der Waals surface area contributed by atoms with Gasteiger partial charge in [-0.2, -0.15) is 0 Å². The van der Waals surface area contributed by atoms with E-state index < -0.39 is 0 Å². The maximum atomic E-state index is 12.9. The van der Waals surface area contributed by atoms with Crippen molar-refractivity contribution in [3.63, 3.8) is 0 Å². The molecule has 2 aromatic carbocycles. The first kappa shape index (κ1) is 16.9. The van der Waals surface area contributed by atoms with Gasteiger partial charge in [0.15, 0.2) is 0 Å². The van der Waals surface area contributed by atoms with Gasteiger partial charge in [-0.25, -0.2) is 4.39 Å². The van der Waals surface area contributed by atoms with Crippen LogP contribution in [-0.2, 0) is 17.9 Å². The summed E-state index contributed by atoms with van der Waals surface area (Å²) in [4.78, 5) is 2.45. The number of nitrogens with zero attached hydrogens (tertiary/aromatic N) is 1. The van der Waals surface area contributed by atoms with Gasteiger partial charge in [0.25, 0.3) is 0 Å². The van der Waals surface area contributed by atoms with Gasteiger partial charge in [0.1, 0.15) is 11.6 Å². The zero-order valence-corrected chi connectivity index (χ0v) is 13.8. The molecular formula is C20H24FNO2. The van der Waals surface area contributed by atoms with Crippen molar-refractivity contribution < 1.29 is 14.2 Å². The fourth-order valence-electron chi connectivity index (χ4n) is 3.09. The molecule has 0 unspecified atom stereocenters. The minimum Gasteiger partial charge on any atom is -0.508 e. The van der Waals surface area contributed by atoms with Crippen LogP contribution < -0.4 is 0 Å². The van der Waals surface area contributed by atoms with E-state index in [1.54, 1.807) is 24.3 Å². The van der Waals surface area contributed by atoms with Crippen LogP contribution in [-0.4, -0.2) is 29.7 Å². The molecule has 0 saturated carbocycles. The van der Waals surface area contributed by atoms with Crippen molar-refractivity contribution in [3.8, 4) is 5.75 Å². The lowest BCUT2D eigenvalue weighted by Gasteiger charge is -2.31. The zero-order chi connectivity index (χ0) is 16.8. The van der Waals surface area contributed by atoms with Crippen LogP contribution in [0.15, 0.2) is 48.5 Å². The van der Waals surface area contributed by atoms with Crippen LogP contribution in [0.25, 0.3) is 0 Å². The van der Waals surface area contributed by atoms with Gasteiger partial charge in [-0.1, -0.05) is 24.3 Å². The van der Waals surface area contributed by atoms with E-state index in [4.69, 9.17) is 4.74 Å². The van der Waals surface area contributed by atoms with Gasteiger partial charge >= 0.3 is 0 Å². The Kier molecular flexibility index (Phi) is 5.83. The van der Waals surface area contributed by atoms with Crippen molar-refractivity contribution in [2.45, 2.75) is 26.0 Å². The summed E-state index contributed by atoms with van der Waals surface area (Å²) >= 11 is 0. The number of phenols is 1. The summed E-state index contributed by atoms with van der Waals surface area (Å²) in [5.74, 6) is 0.706. The van der Waals surface area contributed by atoms with Crippen LogP contribution in [0.3, 0.4) is 0 Å². The average molecular weight is 329 g/mol. The Morgan fingerprint density at radius 1 is 0.958 bits per heavy atom. The van der Waals surface area contributed by atoms with E-state index in [1.807, 2.05) is 12.1 Å². The Labute approximate surface area is 142 Å². The molecule has 2 aromatic rings. The average Bonchev–Trinajstić information content (AvgIpc) is 2.60. The molecule has 3 rings (SSSR count). The summed E-state index contributed by atoms with van der Waals surface area (Å²) in [6, 6.07) is 13.9. The molecule has 24 heavy (non-hydrogen) atoms. The first-order valence-corrected chi connectivity index (χ1v) is 8.51. The smallest absolute Gasteiger partial charge is 0.123 e. The molecule has 128 valence electrons. The van der Waals surface area contributed by atoms with Gasteiger partial charge in [-0.15, -0.1) is 0 Å². The van der Waals surface area contributed by atoms with Crippen LogP contribution in [0.2, 0.25) is 0 Å². The third-order valence-corrected chi connectivity index (χ3v) is 4.59. The molecule has 1 saturated heterocycles. The van der Waals surface area contributed by atoms with Crippen LogP contribution in [0.1, 0.15) is 24.0 Å². The fraction of sp³-hybridized carbons (Fsp3) is 0.400. The summed E-state index contributed by atoms with van der Waals surface area (Å²) in [6.45, 7) is 4.40. The maximum Gasteiger partial charge on any atom is 0.123 e. The number of aromatic hydroxyl groups is 1. The Bertz CT molecular complexity index is 619. The molecule has 1 fully saturated rings. The molecule has 0 radical (unpaired) electrons. The monoisotopic (exact) mass is 329 g/mol. The first-order chi connectivity index (χ1) is 11.7. The van der Waals surface area contributed by atoms with Crippen molar-refractivity contribution >= 4 is 0 Å². The normalized spacial score (nSPS) is 16.4. The van der Waals surface area contributed by atoms with Gasteiger partial charge < -0.3 is 9.84 Å². The van der Waals surface area contributed by atoms with Crippen molar-refractivity contribution in [2.24, 2.45) is 5.92 Å². The van der Waals surface area contributed by atoms with Crippen LogP contribution in [0.5, 0.6) is 5.75 Å². The van der Waals surface area contributed by atoms with Gasteiger partial charge in [-0.05, 0) is 67.2 Å². The lowest BCUT2D eigenvalue weighted by molar-refractivity contribution is 0.0562. The number of likely N-dealkylation sites (tertiary alicyclic amines) is 1. The molecule has 4 heteroatoms. The maximum absolute atomic E-state index is 12.9. The number of halogens is 1. The van der Waals surface area contributed by atoms with Gasteiger partial charge in [0.2, 0.25) is 0 Å². The molecule has 1 heterocycles. The number of phenolic OH excluding ortho intramolecular Hbond substituents is 1. The standard InChI is InChI=1S/C20H24FNO2/c21-19-5-1-17(2-6-19)14-24-15-18-9-11-22(12-10-18)13-16-3-7-20(23)8-4-16/h1-8,18,23H,9-15H2. The van der Waals surface area contributed by atoms with Gasteiger partial charge in [0, 0.05) is 13.2 Å². The quantitative estimate of drug-likeness (QED) is 0.871. The molecule has 0 amide bonds. The Balaban J connectivity index is 1.36. The highest BCUT2D eigenvalue weighted by Gasteiger charge is 2.19. The Morgan fingerprint density at radius 3 is 2.25 bits per heavy atom. The molecule has 3 nitrogen and oxygen atoms in total. The molecule has 1 N–H and O–H groups in total. The molecule has 0 aliphatic carbocycles. The Hall–Kier alpha value is -1.91. The van der Waals surface area contributed by atoms with E-state index in [2.05, 4.69) is 4.90 Å². The highest BCUT2D eigenvalue weighted by Crippen LogP contribution is 2.20. The second-order valence-electron chi connectivity index (χ2n) is 6.53. The number of ether oxygens (including phenoxy) is 1. The van der Waals surface area contributed by atoms with E-state index in [-0.39, 0.29) is 5.82 Å². The second-order valence-corrected chi connectivity index (χ2v) is 6.53. The number of rotatable bonds is 6. The molecule has 1 aliphatic heterocycles. The number of hydrogen-bond donors (Lipinski definition) is 1. The summed E-state index contributed by atoms with van der Waals surface area (Å²) in [6.07, 6.45) is 2.28.